The molecule has 0 spiro atoms. The van der Waals surface area contributed by atoms with Crippen molar-refractivity contribution in [3.05, 3.63) is 81.2 Å². The van der Waals surface area contributed by atoms with Crippen molar-refractivity contribution in [1.82, 2.24) is 14.7 Å². The summed E-state index contributed by atoms with van der Waals surface area (Å²) in [6, 6.07) is 16.1. The maximum Gasteiger partial charge on any atom is 0.263 e. The molecule has 2 aromatic carbocycles. The van der Waals surface area contributed by atoms with E-state index in [1.54, 1.807) is 24.3 Å². The number of pyridine rings is 1. The highest BCUT2D eigenvalue weighted by atomic mass is 79.9. The van der Waals surface area contributed by atoms with E-state index < -0.39 is 5.56 Å². The summed E-state index contributed by atoms with van der Waals surface area (Å²) in [6.45, 7) is 1.73. The Bertz CT molecular complexity index is 1330. The van der Waals surface area contributed by atoms with Gasteiger partial charge in [-0.05, 0) is 61.0 Å². The van der Waals surface area contributed by atoms with Crippen LogP contribution < -0.4 is 15.6 Å². The second-order valence-corrected chi connectivity index (χ2v) is 7.95. The van der Waals surface area contributed by atoms with Gasteiger partial charge in [0, 0.05) is 16.2 Å². The number of hydrogen-bond acceptors (Lipinski definition) is 6. The molecule has 0 aliphatic carbocycles. The van der Waals surface area contributed by atoms with E-state index in [1.165, 1.54) is 17.9 Å². The summed E-state index contributed by atoms with van der Waals surface area (Å²) in [4.78, 5) is 29.9. The number of amides is 1. The molecule has 0 saturated heterocycles. The van der Waals surface area contributed by atoms with Gasteiger partial charge in [-0.2, -0.15) is 4.98 Å². The number of nitrogens with zero attached hydrogens (tertiary/aromatic N) is 3. The fraction of sp³-hybridized carbons (Fsp3) is 0.130. The average Bonchev–Trinajstić information content (AvgIpc) is 3.26. The Kier molecular flexibility index (Phi) is 6.18. The van der Waals surface area contributed by atoms with Gasteiger partial charge in [-0.15, -0.1) is 0 Å². The topological polar surface area (TPSA) is 99.2 Å². The van der Waals surface area contributed by atoms with Gasteiger partial charge in [-0.3, -0.25) is 9.59 Å². The number of carbonyl (C=O) groups excluding carboxylic acids is 1. The first kappa shape index (κ1) is 21.5. The van der Waals surface area contributed by atoms with Crippen molar-refractivity contribution in [2.24, 2.45) is 0 Å². The third kappa shape index (κ3) is 4.62. The first-order valence-corrected chi connectivity index (χ1v) is 10.5. The van der Waals surface area contributed by atoms with Crippen molar-refractivity contribution in [3.63, 3.8) is 0 Å². The van der Waals surface area contributed by atoms with Crippen LogP contribution in [0, 0.1) is 6.92 Å². The molecular weight excluding hydrogens is 476 g/mol. The maximum absolute atomic E-state index is 12.9. The van der Waals surface area contributed by atoms with Gasteiger partial charge in [0.25, 0.3) is 11.4 Å². The molecule has 0 aliphatic rings. The van der Waals surface area contributed by atoms with Gasteiger partial charge in [0.05, 0.1) is 12.8 Å². The molecule has 0 bridgehead atoms. The second kappa shape index (κ2) is 9.19. The molecule has 1 N–H and O–H groups in total. The summed E-state index contributed by atoms with van der Waals surface area (Å²) in [5, 5.41) is 6.75. The number of hydrogen-bond donors (Lipinski definition) is 1. The van der Waals surface area contributed by atoms with E-state index >= 15 is 0 Å². The van der Waals surface area contributed by atoms with E-state index in [-0.39, 0.29) is 23.9 Å². The van der Waals surface area contributed by atoms with Gasteiger partial charge in [0.1, 0.15) is 17.9 Å². The van der Waals surface area contributed by atoms with E-state index in [1.807, 2.05) is 37.3 Å². The van der Waals surface area contributed by atoms with Crippen LogP contribution in [0.1, 0.15) is 5.56 Å². The highest BCUT2D eigenvalue weighted by Gasteiger charge is 2.16. The number of nitrogens with one attached hydrogen (secondary N) is 1. The Morgan fingerprint density at radius 2 is 1.97 bits per heavy atom. The molecule has 9 heteroatoms. The first-order valence-electron chi connectivity index (χ1n) is 9.68. The van der Waals surface area contributed by atoms with Crippen LogP contribution in [-0.4, -0.2) is 27.7 Å². The van der Waals surface area contributed by atoms with E-state index in [0.717, 1.165) is 15.6 Å². The Labute approximate surface area is 192 Å². The SMILES string of the molecule is COc1ccc(C)cc1NC(=O)Cn1cccc(-c2nc(-c3ccc(Br)cc3)no2)c1=O. The summed E-state index contributed by atoms with van der Waals surface area (Å²) < 4.78 is 12.8. The minimum absolute atomic E-state index is 0.0861. The van der Waals surface area contributed by atoms with Crippen LogP contribution in [0.4, 0.5) is 5.69 Å². The first-order chi connectivity index (χ1) is 15.4. The fourth-order valence-electron chi connectivity index (χ4n) is 3.14. The molecule has 2 heterocycles. The van der Waals surface area contributed by atoms with Gasteiger partial charge in [-0.25, -0.2) is 0 Å². The quantitative estimate of drug-likeness (QED) is 0.429. The number of anilines is 1. The second-order valence-electron chi connectivity index (χ2n) is 7.04. The molecule has 2 aromatic heterocycles. The lowest BCUT2D eigenvalue weighted by atomic mass is 10.2. The van der Waals surface area contributed by atoms with Crippen molar-refractivity contribution >= 4 is 27.5 Å². The number of benzene rings is 2. The van der Waals surface area contributed by atoms with Crippen LogP contribution in [0.3, 0.4) is 0 Å². The zero-order chi connectivity index (χ0) is 22.7. The molecule has 0 atom stereocenters. The minimum atomic E-state index is -0.412. The van der Waals surface area contributed by atoms with Crippen molar-refractivity contribution < 1.29 is 14.1 Å². The molecule has 0 radical (unpaired) electrons. The molecule has 8 nitrogen and oxygen atoms in total. The molecule has 0 fully saturated rings. The Morgan fingerprint density at radius 1 is 1.19 bits per heavy atom. The van der Waals surface area contributed by atoms with Crippen LogP contribution in [0.5, 0.6) is 5.75 Å². The Balaban J connectivity index is 1.56. The van der Waals surface area contributed by atoms with Crippen LogP contribution in [0.25, 0.3) is 22.8 Å². The molecule has 1 amide bonds. The molecule has 0 unspecified atom stereocenters. The van der Waals surface area contributed by atoms with E-state index in [4.69, 9.17) is 9.26 Å². The van der Waals surface area contributed by atoms with E-state index in [2.05, 4.69) is 31.4 Å². The van der Waals surface area contributed by atoms with Crippen molar-refractivity contribution in [3.8, 4) is 28.6 Å². The number of ether oxygens (including phenoxy) is 1. The summed E-state index contributed by atoms with van der Waals surface area (Å²) in [7, 11) is 1.53. The van der Waals surface area contributed by atoms with Gasteiger partial charge in [0.15, 0.2) is 0 Å². The third-order valence-electron chi connectivity index (χ3n) is 4.72. The van der Waals surface area contributed by atoms with Crippen molar-refractivity contribution in [2.45, 2.75) is 13.5 Å². The number of carbonyl (C=O) groups is 1. The largest absolute Gasteiger partial charge is 0.495 e. The molecule has 4 aromatic rings. The van der Waals surface area contributed by atoms with E-state index in [9.17, 15) is 9.59 Å². The third-order valence-corrected chi connectivity index (χ3v) is 5.25. The number of aromatic nitrogens is 3. The number of methoxy groups -OCH3 is 1. The molecule has 0 saturated carbocycles. The predicted octanol–water partition coefficient (Wildman–Crippen LogP) is 4.28. The van der Waals surface area contributed by atoms with Gasteiger partial charge >= 0.3 is 0 Å². The molecule has 4 rings (SSSR count). The number of rotatable bonds is 6. The highest BCUT2D eigenvalue weighted by molar-refractivity contribution is 9.10. The summed E-state index contributed by atoms with van der Waals surface area (Å²) in [6.07, 6.45) is 1.53. The summed E-state index contributed by atoms with van der Waals surface area (Å²) in [5.74, 6) is 0.625. The van der Waals surface area contributed by atoms with Gasteiger partial charge in [0.2, 0.25) is 11.7 Å². The Hall–Kier alpha value is -3.72. The monoisotopic (exact) mass is 494 g/mol. The lowest BCUT2D eigenvalue weighted by molar-refractivity contribution is -0.116. The van der Waals surface area contributed by atoms with E-state index in [0.29, 0.717) is 17.3 Å². The lowest BCUT2D eigenvalue weighted by Crippen LogP contribution is -2.28. The number of halogens is 1. The Morgan fingerprint density at radius 3 is 2.72 bits per heavy atom. The average molecular weight is 495 g/mol. The molecular formula is C23H19BrN4O4. The fourth-order valence-corrected chi connectivity index (χ4v) is 3.40. The van der Waals surface area contributed by atoms with Gasteiger partial charge in [-0.1, -0.05) is 27.2 Å². The smallest absolute Gasteiger partial charge is 0.263 e. The van der Waals surface area contributed by atoms with Gasteiger partial charge < -0.3 is 19.1 Å². The molecule has 162 valence electrons. The van der Waals surface area contributed by atoms with Crippen molar-refractivity contribution in [1.29, 1.82) is 0 Å². The van der Waals surface area contributed by atoms with Crippen LogP contribution in [0.15, 0.2) is 74.6 Å². The van der Waals surface area contributed by atoms with Crippen LogP contribution in [0.2, 0.25) is 0 Å². The van der Waals surface area contributed by atoms with Crippen molar-refractivity contribution in [2.75, 3.05) is 12.4 Å². The standard InChI is InChI=1S/C23H19BrN4O4/c1-14-5-10-19(31-2)18(12-14)25-20(29)13-28-11-3-4-17(23(28)30)22-26-21(27-32-22)15-6-8-16(24)9-7-15/h3-12H,13H2,1-2H3,(H,25,29). The maximum atomic E-state index is 12.9. The zero-order valence-corrected chi connectivity index (χ0v) is 18.9. The normalized spacial score (nSPS) is 10.7. The molecule has 0 aliphatic heterocycles. The summed E-state index contributed by atoms with van der Waals surface area (Å²) in [5.41, 5.74) is 2.07. The molecule has 32 heavy (non-hydrogen) atoms. The predicted molar refractivity (Wildman–Crippen MR) is 123 cm³/mol. The van der Waals surface area contributed by atoms with Crippen LogP contribution >= 0.6 is 15.9 Å². The zero-order valence-electron chi connectivity index (χ0n) is 17.3. The minimum Gasteiger partial charge on any atom is -0.495 e. The van der Waals surface area contributed by atoms with Crippen LogP contribution in [-0.2, 0) is 11.3 Å². The highest BCUT2D eigenvalue weighted by Crippen LogP contribution is 2.25. The summed E-state index contributed by atoms with van der Waals surface area (Å²) >= 11 is 3.38. The lowest BCUT2D eigenvalue weighted by Gasteiger charge is -2.12. The number of aryl methyl sites for hydroxylation is 1.